The van der Waals surface area contributed by atoms with Crippen LogP contribution < -0.4 is 0 Å². The standard InChI is InChI=1S/C15H24ClNO2/c16-7-8-17-13-4-2-1-3-11(13)12-9-10(15(18)19)5-6-14(12)17/h10-14H,1-9H2,(H,18,19). The number of hydrogen-bond acceptors (Lipinski definition) is 2. The average molecular weight is 286 g/mol. The Balaban J connectivity index is 1.79. The molecule has 1 heterocycles. The lowest BCUT2D eigenvalue weighted by Gasteiger charge is -2.35. The molecule has 3 rings (SSSR count). The van der Waals surface area contributed by atoms with Gasteiger partial charge >= 0.3 is 5.97 Å². The number of nitrogens with zero attached hydrogens (tertiary/aromatic N) is 1. The minimum Gasteiger partial charge on any atom is -0.481 e. The number of fused-ring (bicyclic) bond motifs is 3. The maximum atomic E-state index is 11.3. The highest BCUT2D eigenvalue weighted by molar-refractivity contribution is 6.18. The third kappa shape index (κ3) is 2.40. The van der Waals surface area contributed by atoms with E-state index in [-0.39, 0.29) is 5.92 Å². The Morgan fingerprint density at radius 2 is 1.84 bits per heavy atom. The second-order valence-electron chi connectivity index (χ2n) is 6.52. The molecule has 0 aromatic rings. The van der Waals surface area contributed by atoms with Crippen LogP contribution >= 0.6 is 11.6 Å². The molecule has 1 N–H and O–H groups in total. The number of carboxylic acid groups (broad SMARTS) is 1. The first-order valence-corrected chi connectivity index (χ1v) is 8.30. The highest BCUT2D eigenvalue weighted by Crippen LogP contribution is 2.50. The van der Waals surface area contributed by atoms with Crippen LogP contribution in [0.4, 0.5) is 0 Å². The third-order valence-corrected chi connectivity index (χ3v) is 5.91. The second kappa shape index (κ2) is 5.61. The SMILES string of the molecule is O=C(O)C1CCC2C(C1)C1CCCCC1N2CCCl. The van der Waals surface area contributed by atoms with Crippen molar-refractivity contribution in [3.63, 3.8) is 0 Å². The minimum absolute atomic E-state index is 0.0974. The summed E-state index contributed by atoms with van der Waals surface area (Å²) in [5.74, 6) is 1.38. The molecule has 0 bridgehead atoms. The van der Waals surface area contributed by atoms with Crippen molar-refractivity contribution < 1.29 is 9.90 Å². The Labute approximate surface area is 120 Å². The van der Waals surface area contributed by atoms with Crippen LogP contribution in [0.1, 0.15) is 44.9 Å². The summed E-state index contributed by atoms with van der Waals surface area (Å²) in [4.78, 5) is 13.9. The van der Waals surface area contributed by atoms with Crippen molar-refractivity contribution in [3.8, 4) is 0 Å². The third-order valence-electron chi connectivity index (χ3n) is 5.74. The Morgan fingerprint density at radius 3 is 2.58 bits per heavy atom. The summed E-state index contributed by atoms with van der Waals surface area (Å²) in [7, 11) is 0. The lowest BCUT2D eigenvalue weighted by Crippen LogP contribution is -2.42. The topological polar surface area (TPSA) is 40.5 Å². The van der Waals surface area contributed by atoms with Crippen LogP contribution in [0.5, 0.6) is 0 Å². The number of hydrogen-bond donors (Lipinski definition) is 1. The van der Waals surface area contributed by atoms with Gasteiger partial charge in [-0.15, -0.1) is 11.6 Å². The van der Waals surface area contributed by atoms with E-state index in [1.807, 2.05) is 0 Å². The van der Waals surface area contributed by atoms with Crippen molar-refractivity contribution in [3.05, 3.63) is 0 Å². The molecule has 0 amide bonds. The molecule has 3 nitrogen and oxygen atoms in total. The molecule has 0 aromatic heterocycles. The Bertz CT molecular complexity index is 349. The van der Waals surface area contributed by atoms with Crippen LogP contribution in [0.3, 0.4) is 0 Å². The molecular formula is C15H24ClNO2. The average Bonchev–Trinajstić information content (AvgIpc) is 2.74. The summed E-state index contributed by atoms with van der Waals surface area (Å²) in [6.45, 7) is 0.988. The van der Waals surface area contributed by atoms with Crippen LogP contribution in [0, 0.1) is 17.8 Å². The number of halogens is 1. The molecule has 3 aliphatic rings. The van der Waals surface area contributed by atoms with E-state index in [0.717, 1.165) is 31.7 Å². The molecule has 2 aliphatic carbocycles. The zero-order chi connectivity index (χ0) is 13.4. The molecule has 0 radical (unpaired) electrons. The Morgan fingerprint density at radius 1 is 1.11 bits per heavy atom. The Kier molecular flexibility index (Phi) is 4.04. The summed E-state index contributed by atoms with van der Waals surface area (Å²) >= 11 is 5.99. The van der Waals surface area contributed by atoms with E-state index in [2.05, 4.69) is 4.90 Å². The molecular weight excluding hydrogens is 262 g/mol. The molecule has 2 saturated carbocycles. The lowest BCUT2D eigenvalue weighted by atomic mass is 9.70. The maximum Gasteiger partial charge on any atom is 0.306 e. The highest BCUT2D eigenvalue weighted by Gasteiger charge is 2.51. The zero-order valence-corrected chi connectivity index (χ0v) is 12.2. The first-order valence-electron chi connectivity index (χ1n) is 7.77. The van der Waals surface area contributed by atoms with Gasteiger partial charge in [-0.2, -0.15) is 0 Å². The fourth-order valence-corrected chi connectivity index (χ4v) is 5.21. The van der Waals surface area contributed by atoms with Crippen molar-refractivity contribution in [2.75, 3.05) is 12.4 Å². The number of carbonyl (C=O) groups is 1. The van der Waals surface area contributed by atoms with E-state index in [1.54, 1.807) is 0 Å². The number of rotatable bonds is 3. The van der Waals surface area contributed by atoms with Gasteiger partial charge in [-0.25, -0.2) is 0 Å². The number of alkyl halides is 1. The van der Waals surface area contributed by atoms with Crippen molar-refractivity contribution in [1.82, 2.24) is 4.90 Å². The minimum atomic E-state index is -0.582. The van der Waals surface area contributed by atoms with Crippen LogP contribution in [-0.4, -0.2) is 40.5 Å². The maximum absolute atomic E-state index is 11.3. The smallest absolute Gasteiger partial charge is 0.306 e. The van der Waals surface area contributed by atoms with E-state index in [0.29, 0.717) is 23.9 Å². The van der Waals surface area contributed by atoms with Crippen LogP contribution in [0.2, 0.25) is 0 Å². The molecule has 4 heteroatoms. The van der Waals surface area contributed by atoms with E-state index in [1.165, 1.54) is 25.7 Å². The molecule has 1 saturated heterocycles. The van der Waals surface area contributed by atoms with Gasteiger partial charge in [-0.05, 0) is 43.9 Å². The predicted octanol–water partition coefficient (Wildman–Crippen LogP) is 2.97. The molecule has 3 fully saturated rings. The van der Waals surface area contributed by atoms with Gasteiger partial charge < -0.3 is 5.11 Å². The largest absolute Gasteiger partial charge is 0.481 e. The first kappa shape index (κ1) is 13.7. The van der Waals surface area contributed by atoms with E-state index in [9.17, 15) is 9.90 Å². The monoisotopic (exact) mass is 285 g/mol. The normalized spacial score (nSPS) is 42.7. The molecule has 5 atom stereocenters. The van der Waals surface area contributed by atoms with Crippen LogP contribution in [0.15, 0.2) is 0 Å². The Hall–Kier alpha value is -0.280. The molecule has 0 spiro atoms. The number of carboxylic acids is 1. The van der Waals surface area contributed by atoms with Gasteiger partial charge in [0.15, 0.2) is 0 Å². The van der Waals surface area contributed by atoms with Gasteiger partial charge in [-0.1, -0.05) is 12.8 Å². The molecule has 108 valence electrons. The first-order chi connectivity index (χ1) is 9.22. The van der Waals surface area contributed by atoms with Gasteiger partial charge in [0.05, 0.1) is 5.92 Å². The second-order valence-corrected chi connectivity index (χ2v) is 6.90. The van der Waals surface area contributed by atoms with E-state index in [4.69, 9.17) is 11.6 Å². The van der Waals surface area contributed by atoms with Gasteiger partial charge in [0.25, 0.3) is 0 Å². The van der Waals surface area contributed by atoms with Crippen molar-refractivity contribution in [2.24, 2.45) is 17.8 Å². The quantitative estimate of drug-likeness (QED) is 0.811. The molecule has 0 aromatic carbocycles. The summed E-state index contributed by atoms with van der Waals surface area (Å²) in [5, 5.41) is 9.29. The molecule has 5 unspecified atom stereocenters. The number of aliphatic carboxylic acids is 1. The fourth-order valence-electron chi connectivity index (χ4n) is 5.01. The fraction of sp³-hybridized carbons (Fsp3) is 0.933. The van der Waals surface area contributed by atoms with Gasteiger partial charge in [-0.3, -0.25) is 9.69 Å². The van der Waals surface area contributed by atoms with Gasteiger partial charge in [0.1, 0.15) is 0 Å². The van der Waals surface area contributed by atoms with Crippen molar-refractivity contribution in [2.45, 2.75) is 57.0 Å². The summed E-state index contributed by atoms with van der Waals surface area (Å²) in [6.07, 6.45) is 8.09. The zero-order valence-electron chi connectivity index (χ0n) is 11.4. The molecule has 1 aliphatic heterocycles. The van der Waals surface area contributed by atoms with E-state index < -0.39 is 5.97 Å². The summed E-state index contributed by atoms with van der Waals surface area (Å²) in [6, 6.07) is 1.30. The summed E-state index contributed by atoms with van der Waals surface area (Å²) < 4.78 is 0. The van der Waals surface area contributed by atoms with Crippen molar-refractivity contribution >= 4 is 17.6 Å². The lowest BCUT2D eigenvalue weighted by molar-refractivity contribution is -0.143. The van der Waals surface area contributed by atoms with Gasteiger partial charge in [0.2, 0.25) is 0 Å². The van der Waals surface area contributed by atoms with Crippen molar-refractivity contribution in [1.29, 1.82) is 0 Å². The summed E-state index contributed by atoms with van der Waals surface area (Å²) in [5.41, 5.74) is 0. The van der Waals surface area contributed by atoms with Crippen LogP contribution in [0.25, 0.3) is 0 Å². The van der Waals surface area contributed by atoms with E-state index >= 15 is 0 Å². The van der Waals surface area contributed by atoms with Gasteiger partial charge in [0, 0.05) is 24.5 Å². The number of likely N-dealkylation sites (tertiary alicyclic amines) is 1. The van der Waals surface area contributed by atoms with Crippen LogP contribution in [-0.2, 0) is 4.79 Å². The highest BCUT2D eigenvalue weighted by atomic mass is 35.5. The molecule has 19 heavy (non-hydrogen) atoms. The predicted molar refractivity (Wildman–Crippen MR) is 75.4 cm³/mol.